The van der Waals surface area contributed by atoms with Crippen molar-refractivity contribution in [3.05, 3.63) is 59.1 Å². The lowest BCUT2D eigenvalue weighted by molar-refractivity contribution is -0.123. The van der Waals surface area contributed by atoms with E-state index in [1.807, 2.05) is 45.0 Å². The van der Waals surface area contributed by atoms with Gasteiger partial charge in [-0.05, 0) is 30.3 Å². The monoisotopic (exact) mass is 367 g/mol. The van der Waals surface area contributed by atoms with E-state index in [9.17, 15) is 9.59 Å². The number of anilines is 1. The van der Waals surface area contributed by atoms with Crippen molar-refractivity contribution in [1.29, 1.82) is 0 Å². The summed E-state index contributed by atoms with van der Waals surface area (Å²) in [5, 5.41) is 6.58. The number of carbonyl (C=O) groups is 2. The SMILES string of the molecule is CC(C)(C)C(=O)Nc1cccc(C(=O)NCc2nc3ccccc3s2)c1. The molecule has 0 spiro atoms. The first-order chi connectivity index (χ1) is 12.3. The van der Waals surface area contributed by atoms with Crippen LogP contribution in [-0.2, 0) is 11.3 Å². The lowest BCUT2D eigenvalue weighted by Gasteiger charge is -2.17. The third-order valence-corrected chi connectivity index (χ3v) is 4.84. The lowest BCUT2D eigenvalue weighted by Crippen LogP contribution is -2.28. The fourth-order valence-electron chi connectivity index (χ4n) is 2.31. The van der Waals surface area contributed by atoms with E-state index in [0.29, 0.717) is 17.8 Å². The molecule has 2 amide bonds. The molecule has 0 aliphatic carbocycles. The van der Waals surface area contributed by atoms with Gasteiger partial charge in [-0.15, -0.1) is 11.3 Å². The molecule has 2 aromatic carbocycles. The molecule has 0 saturated carbocycles. The number of aromatic nitrogens is 1. The number of hydrogen-bond donors (Lipinski definition) is 2. The van der Waals surface area contributed by atoms with Gasteiger partial charge in [-0.3, -0.25) is 9.59 Å². The molecule has 0 saturated heterocycles. The molecular weight excluding hydrogens is 346 g/mol. The van der Waals surface area contributed by atoms with Crippen LogP contribution in [0.3, 0.4) is 0 Å². The second-order valence-electron chi connectivity index (χ2n) is 7.04. The van der Waals surface area contributed by atoms with Gasteiger partial charge in [0.15, 0.2) is 0 Å². The van der Waals surface area contributed by atoms with Crippen LogP contribution in [0.4, 0.5) is 5.69 Å². The van der Waals surface area contributed by atoms with Crippen molar-refractivity contribution in [3.63, 3.8) is 0 Å². The van der Waals surface area contributed by atoms with Crippen molar-refractivity contribution in [2.75, 3.05) is 5.32 Å². The topological polar surface area (TPSA) is 71.1 Å². The molecular formula is C20H21N3O2S. The number of hydrogen-bond acceptors (Lipinski definition) is 4. The van der Waals surface area contributed by atoms with E-state index in [1.165, 1.54) is 0 Å². The van der Waals surface area contributed by atoms with Crippen molar-refractivity contribution >= 4 is 39.1 Å². The van der Waals surface area contributed by atoms with Gasteiger partial charge in [-0.25, -0.2) is 4.98 Å². The summed E-state index contributed by atoms with van der Waals surface area (Å²) in [7, 11) is 0. The second-order valence-corrected chi connectivity index (χ2v) is 8.16. The van der Waals surface area contributed by atoms with Gasteiger partial charge in [0.1, 0.15) is 5.01 Å². The van der Waals surface area contributed by atoms with Crippen LogP contribution < -0.4 is 10.6 Å². The third kappa shape index (κ3) is 4.26. The van der Waals surface area contributed by atoms with Crippen LogP contribution in [0.1, 0.15) is 36.1 Å². The van der Waals surface area contributed by atoms with Crippen LogP contribution in [0.15, 0.2) is 48.5 Å². The minimum atomic E-state index is -0.495. The minimum absolute atomic E-state index is 0.0930. The molecule has 1 heterocycles. The van der Waals surface area contributed by atoms with Gasteiger partial charge in [-0.1, -0.05) is 39.0 Å². The average Bonchev–Trinajstić information content (AvgIpc) is 3.02. The van der Waals surface area contributed by atoms with E-state index in [4.69, 9.17) is 0 Å². The highest BCUT2D eigenvalue weighted by molar-refractivity contribution is 7.18. The maximum atomic E-state index is 12.4. The van der Waals surface area contributed by atoms with Gasteiger partial charge >= 0.3 is 0 Å². The number of amides is 2. The Morgan fingerprint density at radius 3 is 2.58 bits per heavy atom. The zero-order chi connectivity index (χ0) is 18.7. The fourth-order valence-corrected chi connectivity index (χ4v) is 3.22. The zero-order valence-corrected chi connectivity index (χ0v) is 15.8. The molecule has 0 fully saturated rings. The second kappa shape index (κ2) is 7.25. The molecule has 2 N–H and O–H groups in total. The number of nitrogens with one attached hydrogen (secondary N) is 2. The minimum Gasteiger partial charge on any atom is -0.346 e. The normalized spacial score (nSPS) is 11.3. The Morgan fingerprint density at radius 2 is 1.85 bits per heavy atom. The first-order valence-electron chi connectivity index (χ1n) is 8.37. The fraction of sp³-hybridized carbons (Fsp3) is 0.250. The van der Waals surface area contributed by atoms with Crippen LogP contribution >= 0.6 is 11.3 Å². The van der Waals surface area contributed by atoms with Crippen LogP contribution in [0.2, 0.25) is 0 Å². The number of rotatable bonds is 4. The molecule has 26 heavy (non-hydrogen) atoms. The molecule has 1 aromatic heterocycles. The predicted octanol–water partition coefficient (Wildman–Crippen LogP) is 4.21. The molecule has 0 atom stereocenters. The number of carbonyl (C=O) groups excluding carboxylic acids is 2. The van der Waals surface area contributed by atoms with Gasteiger partial charge in [0.25, 0.3) is 5.91 Å². The highest BCUT2D eigenvalue weighted by atomic mass is 32.1. The van der Waals surface area contributed by atoms with Gasteiger partial charge in [-0.2, -0.15) is 0 Å². The Kier molecular flexibility index (Phi) is 5.04. The van der Waals surface area contributed by atoms with Crippen molar-refractivity contribution in [2.45, 2.75) is 27.3 Å². The maximum Gasteiger partial charge on any atom is 0.251 e. The van der Waals surface area contributed by atoms with E-state index < -0.39 is 5.41 Å². The molecule has 0 bridgehead atoms. The molecule has 134 valence electrons. The Bertz CT molecular complexity index is 924. The van der Waals surface area contributed by atoms with Crippen molar-refractivity contribution in [2.24, 2.45) is 5.41 Å². The van der Waals surface area contributed by atoms with Crippen LogP contribution in [-0.4, -0.2) is 16.8 Å². The number of benzene rings is 2. The van der Waals surface area contributed by atoms with Crippen LogP contribution in [0, 0.1) is 5.41 Å². The summed E-state index contributed by atoms with van der Waals surface area (Å²) in [5.74, 6) is -0.291. The molecule has 0 aliphatic heterocycles. The van der Waals surface area contributed by atoms with Crippen molar-refractivity contribution in [3.8, 4) is 0 Å². The van der Waals surface area contributed by atoms with Crippen molar-refractivity contribution in [1.82, 2.24) is 10.3 Å². The summed E-state index contributed by atoms with van der Waals surface area (Å²) < 4.78 is 1.10. The summed E-state index contributed by atoms with van der Waals surface area (Å²) in [6, 6.07) is 14.8. The zero-order valence-electron chi connectivity index (χ0n) is 15.0. The van der Waals surface area contributed by atoms with Gasteiger partial charge in [0.2, 0.25) is 5.91 Å². The summed E-state index contributed by atoms with van der Waals surface area (Å²) in [6.45, 7) is 5.90. The summed E-state index contributed by atoms with van der Waals surface area (Å²) in [6.07, 6.45) is 0. The molecule has 6 heteroatoms. The standard InChI is InChI=1S/C20H21N3O2S/c1-20(2,3)19(25)22-14-8-6-7-13(11-14)18(24)21-12-17-23-15-9-4-5-10-16(15)26-17/h4-11H,12H2,1-3H3,(H,21,24)(H,22,25). The number of fused-ring (bicyclic) bond motifs is 1. The van der Waals surface area contributed by atoms with E-state index >= 15 is 0 Å². The van der Waals surface area contributed by atoms with Gasteiger partial charge in [0.05, 0.1) is 16.8 Å². The van der Waals surface area contributed by atoms with Gasteiger partial charge < -0.3 is 10.6 Å². The molecule has 0 unspecified atom stereocenters. The summed E-state index contributed by atoms with van der Waals surface area (Å²) >= 11 is 1.57. The van der Waals surface area contributed by atoms with Crippen LogP contribution in [0.25, 0.3) is 10.2 Å². The van der Waals surface area contributed by atoms with E-state index in [-0.39, 0.29) is 11.8 Å². The smallest absolute Gasteiger partial charge is 0.251 e. The maximum absolute atomic E-state index is 12.4. The first-order valence-corrected chi connectivity index (χ1v) is 9.19. The first kappa shape index (κ1) is 18.1. The van der Waals surface area contributed by atoms with Gasteiger partial charge in [0, 0.05) is 16.7 Å². The lowest BCUT2D eigenvalue weighted by atomic mass is 9.95. The van der Waals surface area contributed by atoms with E-state index in [0.717, 1.165) is 15.2 Å². The summed E-state index contributed by atoms with van der Waals surface area (Å²) in [5.41, 5.74) is 1.55. The van der Waals surface area contributed by atoms with Crippen LogP contribution in [0.5, 0.6) is 0 Å². The Balaban J connectivity index is 1.66. The molecule has 3 aromatic rings. The van der Waals surface area contributed by atoms with E-state index in [2.05, 4.69) is 15.6 Å². The molecule has 0 radical (unpaired) electrons. The quantitative estimate of drug-likeness (QED) is 0.725. The average molecular weight is 367 g/mol. The number of nitrogens with zero attached hydrogens (tertiary/aromatic N) is 1. The Morgan fingerprint density at radius 1 is 1.08 bits per heavy atom. The highest BCUT2D eigenvalue weighted by Gasteiger charge is 2.21. The molecule has 5 nitrogen and oxygen atoms in total. The largest absolute Gasteiger partial charge is 0.346 e. The predicted molar refractivity (Wildman–Crippen MR) is 105 cm³/mol. The molecule has 0 aliphatic rings. The summed E-state index contributed by atoms with van der Waals surface area (Å²) in [4.78, 5) is 29.0. The molecule has 3 rings (SSSR count). The number of thiazole rings is 1. The Labute approximate surface area is 156 Å². The number of para-hydroxylation sites is 1. The van der Waals surface area contributed by atoms with Crippen molar-refractivity contribution < 1.29 is 9.59 Å². The third-order valence-electron chi connectivity index (χ3n) is 3.80. The van der Waals surface area contributed by atoms with E-state index in [1.54, 1.807) is 35.6 Å². The highest BCUT2D eigenvalue weighted by Crippen LogP contribution is 2.21. The Hall–Kier alpha value is -2.73.